The summed E-state index contributed by atoms with van der Waals surface area (Å²) in [4.78, 5) is 55.2. The Morgan fingerprint density at radius 3 is 2.26 bits per heavy atom. The average Bonchev–Trinajstić information content (AvgIpc) is 3.32. The molecule has 11 nitrogen and oxygen atoms in total. The maximum Gasteiger partial charge on any atom is 0.233 e. The molecule has 7 rings (SSSR count). The molecule has 0 radical (unpaired) electrons. The van der Waals surface area contributed by atoms with Gasteiger partial charge >= 0.3 is 0 Å². The van der Waals surface area contributed by atoms with Gasteiger partial charge < -0.3 is 33.9 Å². The van der Waals surface area contributed by atoms with Gasteiger partial charge in [-0.3, -0.25) is 19.2 Å². The zero-order valence-corrected chi connectivity index (χ0v) is 23.5. The van der Waals surface area contributed by atoms with Crippen molar-refractivity contribution in [2.24, 2.45) is 5.92 Å². The number of rotatable bonds is 1. The fourth-order valence-electron chi connectivity index (χ4n) is 7.45. The molecule has 6 atom stereocenters. The highest BCUT2D eigenvalue weighted by Gasteiger charge is 2.54. The van der Waals surface area contributed by atoms with Crippen LogP contribution < -0.4 is 36.9 Å². The van der Waals surface area contributed by atoms with Gasteiger partial charge in [0.05, 0.1) is 63.9 Å². The van der Waals surface area contributed by atoms with Crippen LogP contribution in [0.3, 0.4) is 0 Å². The van der Waals surface area contributed by atoms with Gasteiger partial charge in [0.15, 0.2) is 22.0 Å². The fourth-order valence-corrected chi connectivity index (χ4v) is 7.45. The first kappa shape index (κ1) is 26.8. The molecule has 3 aliphatic carbocycles. The van der Waals surface area contributed by atoms with E-state index in [1.807, 2.05) is 0 Å². The first-order valence-electron chi connectivity index (χ1n) is 13.8. The van der Waals surface area contributed by atoms with Crippen molar-refractivity contribution >= 4 is 33.5 Å². The van der Waals surface area contributed by atoms with E-state index in [0.717, 1.165) is 0 Å². The van der Waals surface area contributed by atoms with Crippen LogP contribution in [0.5, 0.6) is 5.75 Å². The lowest BCUT2D eigenvalue weighted by atomic mass is 9.71. The molecule has 0 amide bonds. The number of hydrogen-bond donors (Lipinski definition) is 3. The predicted octanol–water partition coefficient (Wildman–Crippen LogP) is 0.549. The van der Waals surface area contributed by atoms with Crippen molar-refractivity contribution in [3.8, 4) is 5.75 Å². The average molecular weight is 577 g/mol. The van der Waals surface area contributed by atoms with Crippen molar-refractivity contribution in [1.29, 1.82) is 0 Å². The van der Waals surface area contributed by atoms with Crippen LogP contribution in [0.2, 0.25) is 0 Å². The van der Waals surface area contributed by atoms with Crippen LogP contribution in [-0.4, -0.2) is 46.3 Å². The van der Waals surface area contributed by atoms with Crippen molar-refractivity contribution in [3.05, 3.63) is 79.0 Å². The second-order valence-corrected chi connectivity index (χ2v) is 11.7. The predicted molar refractivity (Wildman–Crippen MR) is 150 cm³/mol. The van der Waals surface area contributed by atoms with Gasteiger partial charge in [0.2, 0.25) is 10.9 Å². The molecular weight excluding hydrogens is 548 g/mol. The zero-order chi connectivity index (χ0) is 30.2. The summed E-state index contributed by atoms with van der Waals surface area (Å²) in [5.74, 6) is -1.85. The smallest absolute Gasteiger partial charge is 0.233 e. The van der Waals surface area contributed by atoms with E-state index in [2.05, 4.69) is 0 Å². The van der Waals surface area contributed by atoms with Crippen LogP contribution >= 0.6 is 0 Å². The second-order valence-electron chi connectivity index (χ2n) is 11.7. The maximum absolute atomic E-state index is 14.1. The molecular formula is C31H28O11. The number of fused-ring (bicyclic) bond motifs is 6. The summed E-state index contributed by atoms with van der Waals surface area (Å²) >= 11 is 0. The number of ether oxygens (including phenoxy) is 3. The van der Waals surface area contributed by atoms with E-state index in [0.29, 0.717) is 0 Å². The summed E-state index contributed by atoms with van der Waals surface area (Å²) < 4.78 is 23.1. The van der Waals surface area contributed by atoms with E-state index in [1.54, 1.807) is 27.7 Å². The molecule has 3 N–H and O–H groups in total. The molecule has 0 bridgehead atoms. The van der Waals surface area contributed by atoms with E-state index >= 15 is 0 Å². The first-order valence-corrected chi connectivity index (χ1v) is 13.8. The summed E-state index contributed by atoms with van der Waals surface area (Å²) in [6, 6.07) is 1.29. The van der Waals surface area contributed by atoms with Crippen LogP contribution in [-0.2, 0) is 15.9 Å². The van der Waals surface area contributed by atoms with E-state index in [-0.39, 0.29) is 74.5 Å². The van der Waals surface area contributed by atoms with Gasteiger partial charge in [-0.15, -0.1) is 0 Å². The number of aliphatic hydroxyl groups excluding tert-OH is 2. The van der Waals surface area contributed by atoms with Gasteiger partial charge in [0.1, 0.15) is 22.9 Å². The molecule has 2 aliphatic heterocycles. The summed E-state index contributed by atoms with van der Waals surface area (Å²) in [5.41, 5.74) is -5.55. The van der Waals surface area contributed by atoms with Crippen LogP contribution in [0.25, 0.3) is 33.5 Å². The molecule has 1 fully saturated rings. The molecule has 0 spiro atoms. The zero-order valence-electron chi connectivity index (χ0n) is 23.5. The highest BCUT2D eigenvalue weighted by molar-refractivity contribution is 6.08. The lowest BCUT2D eigenvalue weighted by molar-refractivity contribution is -0.166. The quantitative estimate of drug-likeness (QED) is 0.289. The minimum Gasteiger partial charge on any atom is -0.511 e. The Morgan fingerprint density at radius 1 is 0.881 bits per heavy atom. The van der Waals surface area contributed by atoms with Crippen molar-refractivity contribution < 1.29 is 33.9 Å². The lowest BCUT2D eigenvalue weighted by Crippen LogP contribution is -2.61. The molecule has 2 aromatic rings. The molecule has 0 saturated carbocycles. The molecule has 3 heterocycles. The summed E-state index contributed by atoms with van der Waals surface area (Å²) in [6.07, 6.45) is -2.09. The minimum atomic E-state index is -1.97. The number of methoxy groups -OCH3 is 1. The summed E-state index contributed by atoms with van der Waals surface area (Å²) in [6.45, 7) is 6.73. The minimum absolute atomic E-state index is 0.00399. The molecule has 11 heteroatoms. The largest absolute Gasteiger partial charge is 0.511 e. The third-order valence-electron chi connectivity index (χ3n) is 9.28. The molecule has 218 valence electrons. The number of benzene rings is 1. The Labute approximate surface area is 235 Å². The molecule has 1 aromatic heterocycles. The fraction of sp³-hybridized carbons (Fsp3) is 0.419. The van der Waals surface area contributed by atoms with Crippen molar-refractivity contribution in [1.82, 2.24) is 0 Å². The Morgan fingerprint density at radius 2 is 1.57 bits per heavy atom. The van der Waals surface area contributed by atoms with Crippen LogP contribution in [0.4, 0.5) is 0 Å². The number of furan rings is 1. The third-order valence-corrected chi connectivity index (χ3v) is 9.28. The van der Waals surface area contributed by atoms with Gasteiger partial charge in [-0.25, -0.2) is 0 Å². The van der Waals surface area contributed by atoms with Crippen LogP contribution in [0, 0.1) is 16.4 Å². The Kier molecular flexibility index (Phi) is 5.42. The second kappa shape index (κ2) is 8.50. The molecule has 0 unspecified atom stereocenters. The molecule has 42 heavy (non-hydrogen) atoms. The SMILES string of the molecule is COc1c2c(cc3oc4c(=O)c5c(=O)c6c(c(=O)c=5c(=O)c4c13)[C@@H](C)O[C@@H](C)C6)=C(O)[C@@]1(O)[C@H](C[C@H](C)O[C@@H]1C)C=2O. The third kappa shape index (κ3) is 3.05. The summed E-state index contributed by atoms with van der Waals surface area (Å²) in [5, 5.41) is 33.2. The van der Waals surface area contributed by atoms with Crippen molar-refractivity contribution in [3.63, 3.8) is 0 Å². The van der Waals surface area contributed by atoms with E-state index < -0.39 is 67.2 Å². The van der Waals surface area contributed by atoms with Gasteiger partial charge in [-0.05, 0) is 40.2 Å². The Bertz CT molecular complexity index is 2290. The van der Waals surface area contributed by atoms with E-state index in [9.17, 15) is 34.5 Å². The van der Waals surface area contributed by atoms with E-state index in [4.69, 9.17) is 18.6 Å². The summed E-state index contributed by atoms with van der Waals surface area (Å²) in [7, 11) is 1.28. The van der Waals surface area contributed by atoms with Crippen LogP contribution in [0.15, 0.2) is 29.7 Å². The Balaban J connectivity index is 1.72. The van der Waals surface area contributed by atoms with Gasteiger partial charge in [0.25, 0.3) is 0 Å². The van der Waals surface area contributed by atoms with E-state index in [1.165, 1.54) is 13.2 Å². The monoisotopic (exact) mass is 576 g/mol. The molecule has 5 aliphatic rings. The maximum atomic E-state index is 14.1. The lowest BCUT2D eigenvalue weighted by Gasteiger charge is -2.47. The first-order chi connectivity index (χ1) is 19.8. The number of aliphatic hydroxyl groups is 3. The topological polar surface area (TPSA) is 170 Å². The van der Waals surface area contributed by atoms with Crippen molar-refractivity contribution in [2.75, 3.05) is 7.11 Å². The van der Waals surface area contributed by atoms with Crippen molar-refractivity contribution in [2.45, 2.75) is 70.6 Å². The Hall–Kier alpha value is -4.06. The highest BCUT2D eigenvalue weighted by atomic mass is 16.5. The van der Waals surface area contributed by atoms with Gasteiger partial charge in [-0.2, -0.15) is 0 Å². The standard InChI is InChI=1S/C31H28O11/c1-9-6-13-17(11(3)40-9)25(34)21-20(23(13)32)27(36)29-22(26(21)35)19-16(42-29)8-14-18(28(19)39-5)24(33)15-7-10(2)41-12(4)31(15,38)30(14)37/h8-12,15,33,37-38H,6-7H2,1-5H3/t9-,10-,11+,12+,15+,31-/m0/s1. The molecule has 1 saturated heterocycles. The normalized spacial score (nSPS) is 29.1. The molecule has 1 aromatic carbocycles. The van der Waals surface area contributed by atoms with Gasteiger partial charge in [0, 0.05) is 22.8 Å². The van der Waals surface area contributed by atoms with Crippen LogP contribution in [0.1, 0.15) is 51.3 Å². The highest BCUT2D eigenvalue weighted by Crippen LogP contribution is 2.44. The van der Waals surface area contributed by atoms with Gasteiger partial charge in [-0.1, -0.05) is 0 Å². The number of hydrogen-bond acceptors (Lipinski definition) is 11.